The number of carbonyl (C=O) groups excluding carboxylic acids is 1. The fourth-order valence-corrected chi connectivity index (χ4v) is 1.22. The maximum absolute atomic E-state index is 12.4. The van der Waals surface area contributed by atoms with E-state index < -0.39 is 5.91 Å². The molecule has 0 heterocycles. The lowest BCUT2D eigenvalue weighted by molar-refractivity contribution is -0.110. The third-order valence-electron chi connectivity index (χ3n) is 2.16. The van der Waals surface area contributed by atoms with Crippen molar-refractivity contribution in [2.45, 2.75) is 0 Å². The lowest BCUT2D eigenvalue weighted by Gasteiger charge is -1.99. The van der Waals surface area contributed by atoms with Gasteiger partial charge in [0.05, 0.1) is 0 Å². The average Bonchev–Trinajstić information content (AvgIpc) is 2.46. The first-order valence-electron chi connectivity index (χ1n) is 5.76. The maximum atomic E-state index is 12.4. The number of halogens is 2. The second kappa shape index (κ2) is 8.26. The van der Waals surface area contributed by atoms with Crippen LogP contribution in [0, 0.1) is 11.6 Å². The SMILES string of the molecule is Nc1ccc(F)cc1.O=C(/C=N/O)Nc1ccc(F)cc1. The van der Waals surface area contributed by atoms with Gasteiger partial charge in [-0.3, -0.25) is 4.79 Å². The van der Waals surface area contributed by atoms with Crippen LogP contribution in [-0.2, 0) is 4.79 Å². The summed E-state index contributed by atoms with van der Waals surface area (Å²) in [5.41, 5.74) is 6.29. The van der Waals surface area contributed by atoms with Crippen LogP contribution in [0.15, 0.2) is 53.7 Å². The van der Waals surface area contributed by atoms with Crippen LogP contribution in [0.25, 0.3) is 0 Å². The molecule has 0 saturated heterocycles. The summed E-state index contributed by atoms with van der Waals surface area (Å²) in [6.45, 7) is 0. The number of hydrogen-bond donors (Lipinski definition) is 3. The van der Waals surface area contributed by atoms with Crippen LogP contribution in [0.5, 0.6) is 0 Å². The van der Waals surface area contributed by atoms with Crippen molar-refractivity contribution in [2.75, 3.05) is 11.1 Å². The first-order valence-corrected chi connectivity index (χ1v) is 5.76. The number of nitrogens with two attached hydrogens (primary N) is 1. The fraction of sp³-hybridized carbons (Fsp3) is 0. The molecule has 0 aromatic heterocycles. The smallest absolute Gasteiger partial charge is 0.270 e. The van der Waals surface area contributed by atoms with Gasteiger partial charge in [-0.2, -0.15) is 0 Å². The fourth-order valence-electron chi connectivity index (χ4n) is 1.22. The summed E-state index contributed by atoms with van der Waals surface area (Å²) in [6, 6.07) is 10.9. The highest BCUT2D eigenvalue weighted by atomic mass is 19.1. The minimum absolute atomic E-state index is 0.251. The molecule has 0 aliphatic heterocycles. The van der Waals surface area contributed by atoms with Crippen molar-refractivity contribution in [3.63, 3.8) is 0 Å². The van der Waals surface area contributed by atoms with Gasteiger partial charge in [-0.05, 0) is 48.5 Å². The highest BCUT2D eigenvalue weighted by Crippen LogP contribution is 2.07. The number of anilines is 2. The highest BCUT2D eigenvalue weighted by molar-refractivity contribution is 6.31. The Bertz CT molecular complexity index is 578. The van der Waals surface area contributed by atoms with Crippen LogP contribution in [-0.4, -0.2) is 17.3 Å². The number of nitrogens with zero attached hydrogens (tertiary/aromatic N) is 1. The molecule has 0 fully saturated rings. The van der Waals surface area contributed by atoms with Crippen molar-refractivity contribution in [1.82, 2.24) is 0 Å². The molecule has 2 aromatic rings. The van der Waals surface area contributed by atoms with Gasteiger partial charge in [0.2, 0.25) is 0 Å². The Balaban J connectivity index is 0.000000235. The van der Waals surface area contributed by atoms with E-state index in [4.69, 9.17) is 10.9 Å². The average molecular weight is 293 g/mol. The molecular weight excluding hydrogens is 280 g/mol. The van der Waals surface area contributed by atoms with Crippen molar-refractivity contribution in [2.24, 2.45) is 5.16 Å². The summed E-state index contributed by atoms with van der Waals surface area (Å²) in [6.07, 6.45) is 0.712. The second-order valence-corrected chi connectivity index (χ2v) is 3.79. The van der Waals surface area contributed by atoms with Crippen LogP contribution >= 0.6 is 0 Å². The predicted octanol–water partition coefficient (Wildman–Crippen LogP) is 2.63. The monoisotopic (exact) mass is 293 g/mol. The van der Waals surface area contributed by atoms with Crippen molar-refractivity contribution in [3.8, 4) is 0 Å². The van der Waals surface area contributed by atoms with E-state index in [0.717, 1.165) is 0 Å². The molecule has 0 aliphatic rings. The molecule has 5 nitrogen and oxygen atoms in total. The van der Waals surface area contributed by atoms with E-state index >= 15 is 0 Å². The van der Waals surface area contributed by atoms with Crippen LogP contribution < -0.4 is 11.1 Å². The Morgan fingerprint density at radius 3 is 1.95 bits per heavy atom. The molecule has 0 spiro atoms. The number of rotatable bonds is 2. The molecule has 4 N–H and O–H groups in total. The number of benzene rings is 2. The quantitative estimate of drug-likeness (QED) is 0.344. The maximum Gasteiger partial charge on any atom is 0.270 e. The zero-order valence-corrected chi connectivity index (χ0v) is 10.8. The van der Waals surface area contributed by atoms with Crippen molar-refractivity contribution in [1.29, 1.82) is 0 Å². The van der Waals surface area contributed by atoms with Gasteiger partial charge in [0.15, 0.2) is 0 Å². The Morgan fingerprint density at radius 2 is 1.52 bits per heavy atom. The summed E-state index contributed by atoms with van der Waals surface area (Å²) in [5.74, 6) is -1.21. The molecule has 2 rings (SSSR count). The second-order valence-electron chi connectivity index (χ2n) is 3.79. The molecule has 110 valence electrons. The largest absolute Gasteiger partial charge is 0.411 e. The summed E-state index contributed by atoms with van der Waals surface area (Å²) in [4.78, 5) is 10.8. The number of oxime groups is 1. The van der Waals surface area contributed by atoms with Gasteiger partial charge in [-0.25, -0.2) is 8.78 Å². The summed E-state index contributed by atoms with van der Waals surface area (Å²) >= 11 is 0. The molecule has 7 heteroatoms. The predicted molar refractivity (Wildman–Crippen MR) is 76.1 cm³/mol. The van der Waals surface area contributed by atoms with Gasteiger partial charge >= 0.3 is 0 Å². The van der Waals surface area contributed by atoms with E-state index in [1.165, 1.54) is 48.5 Å². The van der Waals surface area contributed by atoms with Gasteiger partial charge in [0.25, 0.3) is 5.91 Å². The Hall–Kier alpha value is -2.96. The van der Waals surface area contributed by atoms with Crippen molar-refractivity contribution < 1.29 is 18.8 Å². The van der Waals surface area contributed by atoms with E-state index in [2.05, 4.69) is 10.5 Å². The summed E-state index contributed by atoms with van der Waals surface area (Å²) in [5, 5.41) is 12.9. The van der Waals surface area contributed by atoms with Crippen LogP contribution in [0.2, 0.25) is 0 Å². The Morgan fingerprint density at radius 1 is 1.05 bits per heavy atom. The molecule has 0 saturated carbocycles. The van der Waals surface area contributed by atoms with E-state index in [9.17, 15) is 13.6 Å². The van der Waals surface area contributed by atoms with E-state index in [-0.39, 0.29) is 11.6 Å². The Labute approximate surface area is 119 Å². The van der Waals surface area contributed by atoms with Gasteiger partial charge in [0.1, 0.15) is 17.8 Å². The molecule has 21 heavy (non-hydrogen) atoms. The third-order valence-corrected chi connectivity index (χ3v) is 2.16. The number of amides is 1. The molecule has 0 bridgehead atoms. The minimum Gasteiger partial charge on any atom is -0.411 e. The van der Waals surface area contributed by atoms with Crippen LogP contribution in [0.3, 0.4) is 0 Å². The van der Waals surface area contributed by atoms with Gasteiger partial charge in [0, 0.05) is 11.4 Å². The molecule has 0 atom stereocenters. The van der Waals surface area contributed by atoms with Crippen molar-refractivity contribution in [3.05, 3.63) is 60.2 Å². The molecule has 0 unspecified atom stereocenters. The van der Waals surface area contributed by atoms with Crippen LogP contribution in [0.4, 0.5) is 20.2 Å². The molecule has 1 amide bonds. The molecule has 0 aliphatic carbocycles. The zero-order chi connectivity index (χ0) is 15.7. The topological polar surface area (TPSA) is 87.7 Å². The lowest BCUT2D eigenvalue weighted by atomic mass is 10.3. The highest BCUT2D eigenvalue weighted by Gasteiger charge is 1.97. The molecular formula is C14H13F2N3O2. The van der Waals surface area contributed by atoms with Crippen molar-refractivity contribution >= 4 is 23.5 Å². The van der Waals surface area contributed by atoms with E-state index in [1.807, 2.05) is 0 Å². The number of carbonyl (C=O) groups is 1. The lowest BCUT2D eigenvalue weighted by Crippen LogP contribution is -2.12. The normalized spacial score (nSPS) is 9.81. The van der Waals surface area contributed by atoms with E-state index in [1.54, 1.807) is 0 Å². The van der Waals surface area contributed by atoms with Gasteiger partial charge in [-0.1, -0.05) is 5.16 Å². The third kappa shape index (κ3) is 6.67. The van der Waals surface area contributed by atoms with Crippen LogP contribution in [0.1, 0.15) is 0 Å². The minimum atomic E-state index is -0.575. The number of nitrogens with one attached hydrogen (secondary N) is 1. The molecule has 0 radical (unpaired) electrons. The van der Waals surface area contributed by atoms with E-state index in [0.29, 0.717) is 17.6 Å². The standard InChI is InChI=1S/C8H7FN2O2.C6H6FN/c9-6-1-3-7(4-2-6)11-8(12)5-10-13;7-5-1-3-6(8)4-2-5/h1-5,13H,(H,11,12);1-4H,8H2/b10-5+;. The first-order chi connectivity index (χ1) is 10.0. The number of hydrogen-bond acceptors (Lipinski definition) is 4. The number of nitrogen functional groups attached to an aromatic ring is 1. The Kier molecular flexibility index (Phi) is 6.33. The van der Waals surface area contributed by atoms with Gasteiger partial charge < -0.3 is 16.3 Å². The molecule has 2 aromatic carbocycles. The zero-order valence-electron chi connectivity index (χ0n) is 10.8. The summed E-state index contributed by atoms with van der Waals surface area (Å²) < 4.78 is 24.4. The van der Waals surface area contributed by atoms with Gasteiger partial charge in [-0.15, -0.1) is 0 Å². The summed E-state index contributed by atoms with van der Waals surface area (Å²) in [7, 11) is 0. The first kappa shape index (κ1) is 16.1.